The second-order valence-corrected chi connectivity index (χ2v) is 15.1. The Balaban J connectivity index is 1.11. The maximum absolute atomic E-state index is 5.01. The Morgan fingerprint density at radius 2 is 0.650 bits per heavy atom. The summed E-state index contributed by atoms with van der Waals surface area (Å²) in [5.41, 5.74) is 20.2. The van der Waals surface area contributed by atoms with Crippen LogP contribution in [0.5, 0.6) is 0 Å². The van der Waals surface area contributed by atoms with Gasteiger partial charge in [0.25, 0.3) is 0 Å². The molecule has 0 amide bonds. The molecule has 3 nitrogen and oxygen atoms in total. The van der Waals surface area contributed by atoms with Gasteiger partial charge < -0.3 is 0 Å². The Morgan fingerprint density at radius 3 is 1.03 bits per heavy atom. The molecule has 60 heavy (non-hydrogen) atoms. The van der Waals surface area contributed by atoms with Gasteiger partial charge in [0.2, 0.25) is 0 Å². The van der Waals surface area contributed by atoms with Crippen LogP contribution in [0.25, 0.3) is 83.7 Å². The Bertz CT molecular complexity index is 2840. The van der Waals surface area contributed by atoms with Crippen LogP contribution in [0, 0.1) is 0 Å². The molecule has 0 atom stereocenters. The lowest BCUT2D eigenvalue weighted by Crippen LogP contribution is -2.05. The monoisotopic (exact) mass is 767 g/mol. The van der Waals surface area contributed by atoms with E-state index in [4.69, 9.17) is 15.0 Å². The van der Waals surface area contributed by atoms with E-state index in [1.165, 1.54) is 22.3 Å². The maximum atomic E-state index is 5.01. The van der Waals surface area contributed by atoms with Crippen molar-refractivity contribution in [3.8, 4) is 78.1 Å². The van der Waals surface area contributed by atoms with E-state index in [2.05, 4.69) is 200 Å². The van der Waals surface area contributed by atoms with Crippen molar-refractivity contribution in [2.75, 3.05) is 0 Å². The maximum Gasteiger partial charge on any atom is 0.0702 e. The van der Waals surface area contributed by atoms with Gasteiger partial charge in [0, 0.05) is 46.6 Å². The van der Waals surface area contributed by atoms with Crippen molar-refractivity contribution in [2.24, 2.45) is 4.99 Å². The van der Waals surface area contributed by atoms with Crippen molar-refractivity contribution >= 4 is 11.3 Å². The summed E-state index contributed by atoms with van der Waals surface area (Å²) in [7, 11) is 0. The molecule has 9 aromatic rings. The lowest BCUT2D eigenvalue weighted by molar-refractivity contribution is 1.08. The van der Waals surface area contributed by atoms with Crippen LogP contribution >= 0.6 is 0 Å². The summed E-state index contributed by atoms with van der Waals surface area (Å²) >= 11 is 0. The van der Waals surface area contributed by atoms with E-state index in [1.807, 2.05) is 24.5 Å². The fraction of sp³-hybridized carbons (Fsp3) is 0.0351. The third-order valence-electron chi connectivity index (χ3n) is 11.4. The van der Waals surface area contributed by atoms with Crippen LogP contribution in [0.1, 0.15) is 24.0 Å². The van der Waals surface area contributed by atoms with Crippen LogP contribution in [0.4, 0.5) is 0 Å². The van der Waals surface area contributed by atoms with E-state index in [1.54, 1.807) is 0 Å². The number of hydrogen-bond acceptors (Lipinski definition) is 3. The average molecular weight is 768 g/mol. The second kappa shape index (κ2) is 16.6. The molecule has 1 aliphatic rings. The van der Waals surface area contributed by atoms with Gasteiger partial charge in [-0.3, -0.25) is 15.0 Å². The molecule has 1 aliphatic heterocycles. The van der Waals surface area contributed by atoms with E-state index in [-0.39, 0.29) is 0 Å². The SMILES string of the molecule is C1=C(c2ccccc2-c2cc(-c3ccccc3-c3ccc(-c4ccccc4)nc3)cc(-c3ccccc3-c3ccc(-c4ccccc4)nc3)c2)CCC(c2ccccc2)=N1. The molecular formula is C57H41N3. The first kappa shape index (κ1) is 36.6. The van der Waals surface area contributed by atoms with E-state index in [0.29, 0.717) is 0 Å². The van der Waals surface area contributed by atoms with Gasteiger partial charge in [-0.25, -0.2) is 0 Å². The van der Waals surface area contributed by atoms with Crippen LogP contribution in [0.2, 0.25) is 0 Å². The van der Waals surface area contributed by atoms with Crippen molar-refractivity contribution < 1.29 is 0 Å². The second-order valence-electron chi connectivity index (χ2n) is 15.1. The van der Waals surface area contributed by atoms with Crippen LogP contribution < -0.4 is 0 Å². The fourth-order valence-corrected chi connectivity index (χ4v) is 8.34. The topological polar surface area (TPSA) is 38.1 Å². The highest BCUT2D eigenvalue weighted by Gasteiger charge is 2.19. The summed E-state index contributed by atoms with van der Waals surface area (Å²) in [6, 6.07) is 73.1. The number of rotatable bonds is 9. The first-order valence-corrected chi connectivity index (χ1v) is 20.5. The number of hydrogen-bond donors (Lipinski definition) is 0. The molecular weight excluding hydrogens is 727 g/mol. The third-order valence-corrected chi connectivity index (χ3v) is 11.4. The summed E-state index contributed by atoms with van der Waals surface area (Å²) in [5.74, 6) is 0. The molecule has 0 unspecified atom stereocenters. The van der Waals surface area contributed by atoms with Crippen LogP contribution in [-0.4, -0.2) is 15.7 Å². The van der Waals surface area contributed by atoms with E-state index < -0.39 is 0 Å². The van der Waals surface area contributed by atoms with Crippen LogP contribution in [0.15, 0.2) is 230 Å². The molecule has 2 aromatic heterocycles. The molecule has 0 radical (unpaired) electrons. The highest BCUT2D eigenvalue weighted by atomic mass is 14.7. The minimum absolute atomic E-state index is 0.893. The Hall–Kier alpha value is -7.75. The summed E-state index contributed by atoms with van der Waals surface area (Å²) < 4.78 is 0. The van der Waals surface area contributed by atoms with Crippen LogP contribution in [0.3, 0.4) is 0 Å². The molecule has 3 heteroatoms. The molecule has 0 fully saturated rings. The zero-order chi connectivity index (χ0) is 40.1. The molecule has 7 aromatic carbocycles. The smallest absolute Gasteiger partial charge is 0.0702 e. The van der Waals surface area contributed by atoms with Gasteiger partial charge in [-0.05, 0) is 104 Å². The number of nitrogens with zero attached hydrogens (tertiary/aromatic N) is 3. The molecule has 0 saturated heterocycles. The molecule has 0 aliphatic carbocycles. The minimum atomic E-state index is 0.893. The van der Waals surface area contributed by atoms with Gasteiger partial charge in [0.15, 0.2) is 0 Å². The van der Waals surface area contributed by atoms with Crippen molar-refractivity contribution in [1.82, 2.24) is 9.97 Å². The van der Waals surface area contributed by atoms with E-state index in [9.17, 15) is 0 Å². The Morgan fingerprint density at radius 1 is 0.283 bits per heavy atom. The highest BCUT2D eigenvalue weighted by Crippen LogP contribution is 2.42. The predicted octanol–water partition coefficient (Wildman–Crippen LogP) is 14.8. The number of benzene rings is 7. The first-order valence-electron chi connectivity index (χ1n) is 20.5. The summed E-state index contributed by atoms with van der Waals surface area (Å²) in [6.07, 6.45) is 7.90. The molecule has 3 heterocycles. The van der Waals surface area contributed by atoms with Gasteiger partial charge in [-0.15, -0.1) is 0 Å². The molecule has 0 spiro atoms. The van der Waals surface area contributed by atoms with Gasteiger partial charge in [0.05, 0.1) is 11.4 Å². The Kier molecular flexibility index (Phi) is 10.1. The number of aliphatic imine (C=N–C) groups is 1. The number of aromatic nitrogens is 2. The quantitative estimate of drug-likeness (QED) is 0.147. The van der Waals surface area contributed by atoms with Crippen molar-refractivity contribution in [2.45, 2.75) is 12.8 Å². The lowest BCUT2D eigenvalue weighted by Gasteiger charge is -2.20. The molecule has 10 rings (SSSR count). The lowest BCUT2D eigenvalue weighted by atomic mass is 9.85. The number of pyridine rings is 2. The summed E-state index contributed by atoms with van der Waals surface area (Å²) in [5, 5.41) is 0. The fourth-order valence-electron chi connectivity index (χ4n) is 8.34. The minimum Gasteiger partial charge on any atom is -0.260 e. The largest absolute Gasteiger partial charge is 0.260 e. The molecule has 0 saturated carbocycles. The molecule has 0 N–H and O–H groups in total. The first-order chi connectivity index (χ1) is 29.7. The Labute approximate surface area is 351 Å². The summed E-state index contributed by atoms with van der Waals surface area (Å²) in [6.45, 7) is 0. The summed E-state index contributed by atoms with van der Waals surface area (Å²) in [4.78, 5) is 14.9. The highest BCUT2D eigenvalue weighted by molar-refractivity contribution is 6.03. The van der Waals surface area contributed by atoms with E-state index >= 15 is 0 Å². The zero-order valence-corrected chi connectivity index (χ0v) is 33.1. The standard InChI is InChI=1S/C57H41N3/c1-4-16-40(17-5-1)55-31-28-43(37-58-55)49-22-10-13-25-52(49)46-34-47(53-26-14-11-23-50(53)44-29-32-56(59-38-44)41-18-6-2-7-19-41)36-48(35-46)54-27-15-12-24-51(54)45-30-33-57(60-39-45)42-20-8-3-9-21-42/h1-29,31-32,34-39H,30,33H2. The van der Waals surface area contributed by atoms with Crippen molar-refractivity contribution in [3.05, 3.63) is 236 Å². The van der Waals surface area contributed by atoms with E-state index in [0.717, 1.165) is 91.1 Å². The van der Waals surface area contributed by atoms with Gasteiger partial charge in [-0.1, -0.05) is 176 Å². The van der Waals surface area contributed by atoms with Gasteiger partial charge >= 0.3 is 0 Å². The third kappa shape index (κ3) is 7.53. The normalized spacial score (nSPS) is 12.4. The van der Waals surface area contributed by atoms with Crippen LogP contribution in [-0.2, 0) is 0 Å². The van der Waals surface area contributed by atoms with Crippen molar-refractivity contribution in [1.29, 1.82) is 0 Å². The average Bonchev–Trinajstić information content (AvgIpc) is 3.35. The van der Waals surface area contributed by atoms with Crippen molar-refractivity contribution in [3.63, 3.8) is 0 Å². The zero-order valence-electron chi connectivity index (χ0n) is 33.1. The van der Waals surface area contributed by atoms with Gasteiger partial charge in [0.1, 0.15) is 0 Å². The van der Waals surface area contributed by atoms with Gasteiger partial charge in [-0.2, -0.15) is 0 Å². The predicted molar refractivity (Wildman–Crippen MR) is 250 cm³/mol. The molecule has 284 valence electrons. The molecule has 0 bridgehead atoms. The number of allylic oxidation sites excluding steroid dienone is 1.